The van der Waals surface area contributed by atoms with Crippen molar-refractivity contribution in [3.05, 3.63) is 60.2 Å². The minimum atomic E-state index is -0.135. The van der Waals surface area contributed by atoms with Crippen LogP contribution in [0.2, 0.25) is 0 Å². The van der Waals surface area contributed by atoms with Crippen molar-refractivity contribution in [2.24, 2.45) is 5.41 Å². The molecule has 0 radical (unpaired) electrons. The summed E-state index contributed by atoms with van der Waals surface area (Å²) in [7, 11) is 0. The van der Waals surface area contributed by atoms with Crippen LogP contribution in [0.25, 0.3) is 0 Å². The number of hydrogen-bond acceptors (Lipinski definition) is 3. The van der Waals surface area contributed by atoms with Crippen LogP contribution in [0.5, 0.6) is 5.75 Å². The molecule has 1 spiro atoms. The van der Waals surface area contributed by atoms with Gasteiger partial charge in [0.25, 0.3) is 5.91 Å². The van der Waals surface area contributed by atoms with Crippen LogP contribution in [0, 0.1) is 12.3 Å². The summed E-state index contributed by atoms with van der Waals surface area (Å²) >= 11 is 0. The molecule has 2 amide bonds. The first-order chi connectivity index (χ1) is 13.0. The van der Waals surface area contributed by atoms with Crippen LogP contribution in [0.1, 0.15) is 18.4 Å². The fourth-order valence-electron chi connectivity index (χ4n) is 4.03. The Morgan fingerprint density at radius 2 is 1.81 bits per heavy atom. The zero-order valence-corrected chi connectivity index (χ0v) is 15.6. The summed E-state index contributed by atoms with van der Waals surface area (Å²) in [6.45, 7) is 4.06. The van der Waals surface area contributed by atoms with E-state index in [0.29, 0.717) is 31.8 Å². The molecule has 2 aliphatic heterocycles. The molecule has 140 valence electrons. The number of amides is 2. The number of carbonyl (C=O) groups excluding carboxylic acids is 2. The van der Waals surface area contributed by atoms with E-state index < -0.39 is 0 Å². The van der Waals surface area contributed by atoms with Gasteiger partial charge in [-0.2, -0.15) is 0 Å². The lowest BCUT2D eigenvalue weighted by Crippen LogP contribution is -2.36. The van der Waals surface area contributed by atoms with Crippen LogP contribution < -0.4 is 9.64 Å². The molecule has 2 aromatic rings. The number of likely N-dealkylation sites (tertiary alicyclic amines) is 1. The number of carbonyl (C=O) groups is 2. The van der Waals surface area contributed by atoms with Gasteiger partial charge in [-0.05, 0) is 37.6 Å². The molecular weight excluding hydrogens is 340 g/mol. The highest BCUT2D eigenvalue weighted by molar-refractivity contribution is 5.96. The zero-order chi connectivity index (χ0) is 18.9. The van der Waals surface area contributed by atoms with Gasteiger partial charge in [0.1, 0.15) is 5.75 Å². The van der Waals surface area contributed by atoms with Gasteiger partial charge in [0.15, 0.2) is 6.61 Å². The maximum Gasteiger partial charge on any atom is 0.260 e. The SMILES string of the molecule is Cc1ccc(N2CC3(CCN(C(=O)COc4ccccc4)C3)CC2=O)cc1. The molecule has 0 N–H and O–H groups in total. The van der Waals surface area contributed by atoms with Crippen molar-refractivity contribution in [2.75, 3.05) is 31.1 Å². The number of para-hydroxylation sites is 1. The zero-order valence-electron chi connectivity index (χ0n) is 15.6. The quantitative estimate of drug-likeness (QED) is 0.838. The molecule has 5 nitrogen and oxygen atoms in total. The Balaban J connectivity index is 1.37. The molecule has 2 aliphatic rings. The Labute approximate surface area is 159 Å². The van der Waals surface area contributed by atoms with E-state index in [0.717, 1.165) is 12.1 Å². The number of rotatable bonds is 4. The third kappa shape index (κ3) is 3.68. The Bertz CT molecular complexity index is 834. The fourth-order valence-corrected chi connectivity index (χ4v) is 4.03. The summed E-state index contributed by atoms with van der Waals surface area (Å²) in [5.74, 6) is 0.826. The van der Waals surface area contributed by atoms with Crippen molar-refractivity contribution in [2.45, 2.75) is 19.8 Å². The molecule has 2 aromatic carbocycles. The summed E-state index contributed by atoms with van der Waals surface area (Å²) < 4.78 is 5.59. The minimum Gasteiger partial charge on any atom is -0.484 e. The molecule has 0 aliphatic carbocycles. The Hall–Kier alpha value is -2.82. The van der Waals surface area contributed by atoms with E-state index in [1.165, 1.54) is 5.56 Å². The van der Waals surface area contributed by atoms with E-state index in [4.69, 9.17) is 4.74 Å². The van der Waals surface area contributed by atoms with Gasteiger partial charge < -0.3 is 14.5 Å². The predicted molar refractivity (Wildman–Crippen MR) is 104 cm³/mol. The number of hydrogen-bond donors (Lipinski definition) is 0. The minimum absolute atomic E-state index is 0.0167. The van der Waals surface area contributed by atoms with Crippen LogP contribution in [-0.2, 0) is 9.59 Å². The fraction of sp³-hybridized carbons (Fsp3) is 0.364. The first kappa shape index (κ1) is 17.6. The maximum absolute atomic E-state index is 12.6. The van der Waals surface area contributed by atoms with E-state index in [1.54, 1.807) is 0 Å². The van der Waals surface area contributed by atoms with Crippen molar-refractivity contribution in [1.29, 1.82) is 0 Å². The lowest BCUT2D eigenvalue weighted by molar-refractivity contribution is -0.132. The molecule has 1 unspecified atom stereocenters. The van der Waals surface area contributed by atoms with Gasteiger partial charge in [0.2, 0.25) is 5.91 Å². The molecule has 1 atom stereocenters. The molecule has 0 aromatic heterocycles. The van der Waals surface area contributed by atoms with Gasteiger partial charge in [-0.25, -0.2) is 0 Å². The van der Waals surface area contributed by atoms with Crippen LogP contribution in [-0.4, -0.2) is 43.0 Å². The lowest BCUT2D eigenvalue weighted by atomic mass is 9.86. The smallest absolute Gasteiger partial charge is 0.260 e. The average Bonchev–Trinajstić information content (AvgIpc) is 3.24. The number of ether oxygens (including phenoxy) is 1. The van der Waals surface area contributed by atoms with E-state index >= 15 is 0 Å². The van der Waals surface area contributed by atoms with Gasteiger partial charge in [0, 0.05) is 37.2 Å². The monoisotopic (exact) mass is 364 g/mol. The molecule has 0 bridgehead atoms. The summed E-state index contributed by atoms with van der Waals surface area (Å²) in [6, 6.07) is 17.4. The largest absolute Gasteiger partial charge is 0.484 e. The van der Waals surface area contributed by atoms with E-state index in [-0.39, 0.29) is 23.8 Å². The second-order valence-corrected chi connectivity index (χ2v) is 7.66. The molecule has 2 fully saturated rings. The topological polar surface area (TPSA) is 49.9 Å². The van der Waals surface area contributed by atoms with Crippen molar-refractivity contribution in [3.63, 3.8) is 0 Å². The van der Waals surface area contributed by atoms with Crippen molar-refractivity contribution in [3.8, 4) is 5.75 Å². The van der Waals surface area contributed by atoms with Crippen LogP contribution >= 0.6 is 0 Å². The van der Waals surface area contributed by atoms with Crippen molar-refractivity contribution < 1.29 is 14.3 Å². The molecule has 4 rings (SSSR count). The Morgan fingerprint density at radius 1 is 1.07 bits per heavy atom. The van der Waals surface area contributed by atoms with Crippen molar-refractivity contribution in [1.82, 2.24) is 4.90 Å². The lowest BCUT2D eigenvalue weighted by Gasteiger charge is -2.24. The van der Waals surface area contributed by atoms with Crippen LogP contribution in [0.4, 0.5) is 5.69 Å². The molecule has 27 heavy (non-hydrogen) atoms. The van der Waals surface area contributed by atoms with E-state index in [2.05, 4.69) is 0 Å². The van der Waals surface area contributed by atoms with E-state index in [9.17, 15) is 9.59 Å². The highest BCUT2D eigenvalue weighted by atomic mass is 16.5. The number of aryl methyl sites for hydroxylation is 1. The number of benzene rings is 2. The third-order valence-electron chi connectivity index (χ3n) is 5.56. The van der Waals surface area contributed by atoms with Gasteiger partial charge in [-0.3, -0.25) is 9.59 Å². The standard InChI is InChI=1S/C22H24N2O3/c1-17-7-9-18(10-8-17)24-16-22(13-20(24)25)11-12-23(15-22)21(26)14-27-19-5-3-2-4-6-19/h2-10H,11-16H2,1H3. The molecule has 2 saturated heterocycles. The Kier molecular flexibility index (Phi) is 4.60. The van der Waals surface area contributed by atoms with Crippen molar-refractivity contribution >= 4 is 17.5 Å². The first-order valence-electron chi connectivity index (χ1n) is 9.37. The number of nitrogens with zero attached hydrogens (tertiary/aromatic N) is 2. The normalized spacial score (nSPS) is 21.9. The van der Waals surface area contributed by atoms with Gasteiger partial charge in [-0.15, -0.1) is 0 Å². The van der Waals surface area contributed by atoms with Crippen LogP contribution in [0.15, 0.2) is 54.6 Å². The highest BCUT2D eigenvalue weighted by Gasteiger charge is 2.48. The predicted octanol–water partition coefficient (Wildman–Crippen LogP) is 3.03. The Morgan fingerprint density at radius 3 is 2.56 bits per heavy atom. The summed E-state index contributed by atoms with van der Waals surface area (Å²) in [4.78, 5) is 28.8. The van der Waals surface area contributed by atoms with Gasteiger partial charge >= 0.3 is 0 Å². The second-order valence-electron chi connectivity index (χ2n) is 7.66. The average molecular weight is 364 g/mol. The third-order valence-corrected chi connectivity index (χ3v) is 5.56. The number of anilines is 1. The highest BCUT2D eigenvalue weighted by Crippen LogP contribution is 2.41. The van der Waals surface area contributed by atoms with Crippen LogP contribution in [0.3, 0.4) is 0 Å². The summed E-state index contributed by atoms with van der Waals surface area (Å²) in [5, 5.41) is 0. The second kappa shape index (κ2) is 7.06. The molecular formula is C22H24N2O3. The first-order valence-corrected chi connectivity index (χ1v) is 9.37. The molecule has 2 heterocycles. The maximum atomic E-state index is 12.6. The van der Waals surface area contributed by atoms with E-state index in [1.807, 2.05) is 71.3 Å². The molecule has 5 heteroatoms. The summed E-state index contributed by atoms with van der Waals surface area (Å²) in [6.07, 6.45) is 1.36. The van der Waals surface area contributed by atoms with Gasteiger partial charge in [0.05, 0.1) is 0 Å². The summed E-state index contributed by atoms with van der Waals surface area (Å²) in [5.41, 5.74) is 1.99. The van der Waals surface area contributed by atoms with Gasteiger partial charge in [-0.1, -0.05) is 35.9 Å². The molecule has 0 saturated carbocycles.